The standard InChI is InChI=1S/C20H20O2/c1-13(21)16-8-4-5-9-17(16)19-12-15-11-14-7-3-6-10-18(14)20(19,2)22-15/h3-10,15,19H,11-12H2,1-2H3/t15-,19-,20+/m1/s1. The van der Waals surface area contributed by atoms with Crippen molar-refractivity contribution in [3.63, 3.8) is 0 Å². The van der Waals surface area contributed by atoms with E-state index < -0.39 is 0 Å². The molecule has 2 aromatic rings. The highest BCUT2D eigenvalue weighted by Gasteiger charge is 2.51. The van der Waals surface area contributed by atoms with Crippen LogP contribution in [0, 0.1) is 0 Å². The lowest BCUT2D eigenvalue weighted by molar-refractivity contribution is -0.0502. The molecule has 3 atom stereocenters. The first kappa shape index (κ1) is 13.7. The van der Waals surface area contributed by atoms with E-state index in [4.69, 9.17) is 4.74 Å². The summed E-state index contributed by atoms with van der Waals surface area (Å²) in [7, 11) is 0. The zero-order chi connectivity index (χ0) is 15.3. The minimum Gasteiger partial charge on any atom is -0.366 e. The summed E-state index contributed by atoms with van der Waals surface area (Å²) in [5, 5.41) is 0. The SMILES string of the molecule is CC(=O)c1ccccc1[C@H]1C[C@H]2Cc3ccccc3[C@]1(C)O2. The molecule has 2 aliphatic rings. The van der Waals surface area contributed by atoms with Crippen molar-refractivity contribution in [3.8, 4) is 0 Å². The second-order valence-electron chi connectivity index (χ2n) is 6.64. The third-order valence-corrected chi connectivity index (χ3v) is 5.29. The average molecular weight is 292 g/mol. The molecule has 0 spiro atoms. The van der Waals surface area contributed by atoms with Crippen molar-refractivity contribution in [3.05, 3.63) is 70.8 Å². The summed E-state index contributed by atoms with van der Waals surface area (Å²) in [6.07, 6.45) is 2.21. The minimum absolute atomic E-state index is 0.133. The molecular weight excluding hydrogens is 272 g/mol. The van der Waals surface area contributed by atoms with Crippen LogP contribution in [0.5, 0.6) is 0 Å². The largest absolute Gasteiger partial charge is 0.366 e. The maximum absolute atomic E-state index is 12.0. The van der Waals surface area contributed by atoms with Gasteiger partial charge < -0.3 is 4.74 Å². The fraction of sp³-hybridized carbons (Fsp3) is 0.350. The van der Waals surface area contributed by atoms with Gasteiger partial charge in [-0.05, 0) is 43.4 Å². The van der Waals surface area contributed by atoms with Crippen LogP contribution in [-0.2, 0) is 16.8 Å². The number of ether oxygens (including phenoxy) is 1. The summed E-state index contributed by atoms with van der Waals surface area (Å²) in [4.78, 5) is 12.0. The molecule has 0 aliphatic carbocycles. The second-order valence-corrected chi connectivity index (χ2v) is 6.64. The Kier molecular flexibility index (Phi) is 2.98. The number of benzene rings is 2. The lowest BCUT2D eigenvalue weighted by Gasteiger charge is -2.36. The van der Waals surface area contributed by atoms with E-state index in [1.54, 1.807) is 6.92 Å². The van der Waals surface area contributed by atoms with E-state index in [2.05, 4.69) is 37.3 Å². The Morgan fingerprint density at radius 1 is 1.14 bits per heavy atom. The summed E-state index contributed by atoms with van der Waals surface area (Å²) in [6.45, 7) is 3.84. The molecule has 0 aromatic heterocycles. The van der Waals surface area contributed by atoms with Gasteiger partial charge in [0.25, 0.3) is 0 Å². The summed E-state index contributed by atoms with van der Waals surface area (Å²) in [6, 6.07) is 16.6. The number of hydrogen-bond acceptors (Lipinski definition) is 2. The van der Waals surface area contributed by atoms with Crippen molar-refractivity contribution in [2.24, 2.45) is 0 Å². The van der Waals surface area contributed by atoms with Crippen LogP contribution >= 0.6 is 0 Å². The number of rotatable bonds is 2. The van der Waals surface area contributed by atoms with Crippen LogP contribution in [0.4, 0.5) is 0 Å². The van der Waals surface area contributed by atoms with E-state index in [9.17, 15) is 4.79 Å². The van der Waals surface area contributed by atoms with Crippen molar-refractivity contribution in [2.45, 2.75) is 44.3 Å². The van der Waals surface area contributed by atoms with Crippen molar-refractivity contribution < 1.29 is 9.53 Å². The molecule has 0 radical (unpaired) electrons. The van der Waals surface area contributed by atoms with Crippen molar-refractivity contribution >= 4 is 5.78 Å². The number of Topliss-reactive ketones (excluding diaryl/α,β-unsaturated/α-hetero) is 1. The van der Waals surface area contributed by atoms with Gasteiger partial charge in [0.1, 0.15) is 0 Å². The average Bonchev–Trinajstić information content (AvgIpc) is 2.79. The van der Waals surface area contributed by atoms with E-state index in [0.717, 1.165) is 24.0 Å². The first-order valence-corrected chi connectivity index (χ1v) is 7.95. The molecule has 1 fully saturated rings. The third kappa shape index (κ3) is 1.87. The molecule has 2 nitrogen and oxygen atoms in total. The Labute approximate surface area is 131 Å². The molecule has 22 heavy (non-hydrogen) atoms. The summed E-state index contributed by atoms with van der Waals surface area (Å²) in [5.74, 6) is 0.371. The molecule has 2 aromatic carbocycles. The molecule has 2 bridgehead atoms. The Morgan fingerprint density at radius 3 is 2.68 bits per heavy atom. The van der Waals surface area contributed by atoms with E-state index in [1.165, 1.54) is 11.1 Å². The first-order valence-electron chi connectivity index (χ1n) is 7.95. The zero-order valence-electron chi connectivity index (χ0n) is 13.0. The fourth-order valence-corrected chi connectivity index (χ4v) is 4.31. The van der Waals surface area contributed by atoms with Crippen LogP contribution in [0.15, 0.2) is 48.5 Å². The number of carbonyl (C=O) groups excluding carboxylic acids is 1. The van der Waals surface area contributed by atoms with Crippen LogP contribution in [-0.4, -0.2) is 11.9 Å². The van der Waals surface area contributed by atoms with Gasteiger partial charge >= 0.3 is 0 Å². The lowest BCUT2D eigenvalue weighted by Crippen LogP contribution is -2.33. The maximum Gasteiger partial charge on any atom is 0.160 e. The quantitative estimate of drug-likeness (QED) is 0.774. The Hall–Kier alpha value is -1.93. The van der Waals surface area contributed by atoms with E-state index in [1.807, 2.05) is 18.2 Å². The van der Waals surface area contributed by atoms with Crippen LogP contribution in [0.3, 0.4) is 0 Å². The van der Waals surface area contributed by atoms with Crippen molar-refractivity contribution in [2.75, 3.05) is 0 Å². The molecule has 2 heteroatoms. The highest BCUT2D eigenvalue weighted by atomic mass is 16.5. The molecule has 0 N–H and O–H groups in total. The normalized spacial score (nSPS) is 29.2. The van der Waals surface area contributed by atoms with Crippen molar-refractivity contribution in [1.82, 2.24) is 0 Å². The van der Waals surface area contributed by atoms with E-state index in [0.29, 0.717) is 0 Å². The molecule has 1 saturated heterocycles. The van der Waals surface area contributed by atoms with Gasteiger partial charge in [0.05, 0.1) is 11.7 Å². The smallest absolute Gasteiger partial charge is 0.160 e. The monoisotopic (exact) mass is 292 g/mol. The molecular formula is C20H20O2. The van der Waals surface area contributed by atoms with Gasteiger partial charge in [-0.1, -0.05) is 48.5 Å². The van der Waals surface area contributed by atoms with Crippen LogP contribution in [0.2, 0.25) is 0 Å². The molecule has 2 aliphatic heterocycles. The molecule has 2 heterocycles. The number of hydrogen-bond donors (Lipinski definition) is 0. The highest BCUT2D eigenvalue weighted by molar-refractivity contribution is 5.95. The number of carbonyl (C=O) groups is 1. The topological polar surface area (TPSA) is 26.3 Å². The predicted octanol–water partition coefficient (Wildman–Crippen LogP) is 4.23. The fourth-order valence-electron chi connectivity index (χ4n) is 4.31. The molecule has 4 rings (SSSR count). The Bertz CT molecular complexity index is 749. The summed E-state index contributed by atoms with van der Waals surface area (Å²) in [5.41, 5.74) is 4.32. The molecule has 0 saturated carbocycles. The van der Waals surface area contributed by atoms with Crippen molar-refractivity contribution in [1.29, 1.82) is 0 Å². The summed E-state index contributed by atoms with van der Waals surface area (Å²) >= 11 is 0. The third-order valence-electron chi connectivity index (χ3n) is 5.29. The second kappa shape index (κ2) is 4.79. The van der Waals surface area contributed by atoms with Gasteiger partial charge in [0, 0.05) is 11.5 Å². The summed E-state index contributed by atoms with van der Waals surface area (Å²) < 4.78 is 6.40. The highest BCUT2D eigenvalue weighted by Crippen LogP contribution is 2.54. The maximum atomic E-state index is 12.0. The van der Waals surface area contributed by atoms with Crippen LogP contribution < -0.4 is 0 Å². The van der Waals surface area contributed by atoms with E-state index >= 15 is 0 Å². The Morgan fingerprint density at radius 2 is 1.86 bits per heavy atom. The molecule has 0 amide bonds. The van der Waals surface area contributed by atoms with Gasteiger partial charge in [-0.25, -0.2) is 0 Å². The van der Waals surface area contributed by atoms with E-state index in [-0.39, 0.29) is 23.4 Å². The first-order chi connectivity index (χ1) is 10.6. The zero-order valence-corrected chi connectivity index (χ0v) is 13.0. The van der Waals surface area contributed by atoms with Gasteiger partial charge in [-0.2, -0.15) is 0 Å². The predicted molar refractivity (Wildman–Crippen MR) is 86.2 cm³/mol. The van der Waals surface area contributed by atoms with Gasteiger partial charge in [0.15, 0.2) is 5.78 Å². The van der Waals surface area contributed by atoms with Gasteiger partial charge in [0.2, 0.25) is 0 Å². The number of fused-ring (bicyclic) bond motifs is 4. The van der Waals surface area contributed by atoms with Gasteiger partial charge in [-0.3, -0.25) is 4.79 Å². The molecule has 112 valence electrons. The lowest BCUT2D eigenvalue weighted by atomic mass is 9.76. The van der Waals surface area contributed by atoms with Crippen LogP contribution in [0.25, 0.3) is 0 Å². The Balaban J connectivity index is 1.87. The minimum atomic E-state index is -0.328. The van der Waals surface area contributed by atoms with Gasteiger partial charge in [-0.15, -0.1) is 0 Å². The van der Waals surface area contributed by atoms with Crippen LogP contribution in [0.1, 0.15) is 53.2 Å². The molecule has 0 unspecified atom stereocenters. The number of ketones is 1.